The van der Waals surface area contributed by atoms with E-state index < -0.39 is 5.82 Å². The SMILES string of the molecule is CCOc1ccc([C@H]2CCCN2C(=O)COc2ccc(Br)cc2F)cc1. The third kappa shape index (κ3) is 4.36. The molecule has 0 aromatic heterocycles. The molecule has 0 saturated carbocycles. The Hall–Kier alpha value is -2.08. The monoisotopic (exact) mass is 421 g/mol. The summed E-state index contributed by atoms with van der Waals surface area (Å²) in [5, 5.41) is 0. The Morgan fingerprint density at radius 2 is 2.00 bits per heavy atom. The van der Waals surface area contributed by atoms with Crippen LogP contribution in [0.2, 0.25) is 0 Å². The van der Waals surface area contributed by atoms with Crippen molar-refractivity contribution in [1.29, 1.82) is 0 Å². The molecule has 1 aliphatic rings. The highest BCUT2D eigenvalue weighted by Crippen LogP contribution is 2.33. The van der Waals surface area contributed by atoms with Gasteiger partial charge < -0.3 is 14.4 Å². The highest BCUT2D eigenvalue weighted by Gasteiger charge is 2.30. The minimum absolute atomic E-state index is 0.0246. The molecule has 0 unspecified atom stereocenters. The number of amides is 1. The minimum atomic E-state index is -0.489. The van der Waals surface area contributed by atoms with Crippen LogP contribution in [0.3, 0.4) is 0 Å². The zero-order valence-corrected chi connectivity index (χ0v) is 16.2. The lowest BCUT2D eigenvalue weighted by Crippen LogP contribution is -2.34. The smallest absolute Gasteiger partial charge is 0.261 e. The summed E-state index contributed by atoms with van der Waals surface area (Å²) < 4.78 is 25.3. The maximum Gasteiger partial charge on any atom is 0.261 e. The van der Waals surface area contributed by atoms with Gasteiger partial charge >= 0.3 is 0 Å². The summed E-state index contributed by atoms with van der Waals surface area (Å²) in [6, 6.07) is 12.4. The van der Waals surface area contributed by atoms with E-state index in [9.17, 15) is 9.18 Å². The van der Waals surface area contributed by atoms with Gasteiger partial charge in [-0.05, 0) is 55.7 Å². The Kier molecular flexibility index (Phi) is 6.14. The van der Waals surface area contributed by atoms with Crippen molar-refractivity contribution >= 4 is 21.8 Å². The fraction of sp³-hybridized carbons (Fsp3) is 0.350. The number of nitrogens with zero attached hydrogens (tertiary/aromatic N) is 1. The van der Waals surface area contributed by atoms with E-state index >= 15 is 0 Å². The molecule has 6 heteroatoms. The maximum absolute atomic E-state index is 13.8. The lowest BCUT2D eigenvalue weighted by atomic mass is 10.0. The minimum Gasteiger partial charge on any atom is -0.494 e. The summed E-state index contributed by atoms with van der Waals surface area (Å²) in [5.41, 5.74) is 1.08. The van der Waals surface area contributed by atoms with Crippen molar-refractivity contribution in [3.8, 4) is 11.5 Å². The molecular formula is C20H21BrFNO3. The highest BCUT2D eigenvalue weighted by molar-refractivity contribution is 9.10. The number of carbonyl (C=O) groups excluding carboxylic acids is 1. The molecule has 1 atom stereocenters. The normalized spacial score (nSPS) is 16.6. The molecule has 2 aromatic carbocycles. The quantitative estimate of drug-likeness (QED) is 0.676. The summed E-state index contributed by atoms with van der Waals surface area (Å²) >= 11 is 3.20. The second-order valence-electron chi connectivity index (χ2n) is 6.11. The topological polar surface area (TPSA) is 38.8 Å². The number of likely N-dealkylation sites (tertiary alicyclic amines) is 1. The predicted octanol–water partition coefficient (Wildman–Crippen LogP) is 4.73. The van der Waals surface area contributed by atoms with Crippen LogP contribution in [0.5, 0.6) is 11.5 Å². The van der Waals surface area contributed by atoms with Gasteiger partial charge in [0.05, 0.1) is 12.6 Å². The molecule has 138 valence electrons. The molecule has 1 aliphatic heterocycles. The Morgan fingerprint density at radius 3 is 2.69 bits per heavy atom. The average molecular weight is 422 g/mol. The molecule has 2 aromatic rings. The number of halogens is 2. The van der Waals surface area contributed by atoms with Crippen LogP contribution in [0.25, 0.3) is 0 Å². The fourth-order valence-corrected chi connectivity index (χ4v) is 3.51. The van der Waals surface area contributed by atoms with Gasteiger partial charge in [0.1, 0.15) is 5.75 Å². The van der Waals surface area contributed by atoms with Crippen LogP contribution in [-0.4, -0.2) is 30.6 Å². The van der Waals surface area contributed by atoms with E-state index in [1.165, 1.54) is 12.1 Å². The van der Waals surface area contributed by atoms with E-state index in [1.54, 1.807) is 6.07 Å². The van der Waals surface area contributed by atoms with Crippen LogP contribution < -0.4 is 9.47 Å². The zero-order valence-electron chi connectivity index (χ0n) is 14.6. The Labute approximate surface area is 161 Å². The number of carbonyl (C=O) groups is 1. The summed E-state index contributed by atoms with van der Waals surface area (Å²) in [5.74, 6) is 0.278. The van der Waals surface area contributed by atoms with Crippen LogP contribution in [0.4, 0.5) is 4.39 Å². The van der Waals surface area contributed by atoms with Crippen molar-refractivity contribution in [2.45, 2.75) is 25.8 Å². The van der Waals surface area contributed by atoms with Crippen LogP contribution >= 0.6 is 15.9 Å². The molecule has 26 heavy (non-hydrogen) atoms. The predicted molar refractivity (Wildman–Crippen MR) is 101 cm³/mol. The van der Waals surface area contributed by atoms with Crippen molar-refractivity contribution < 1.29 is 18.7 Å². The molecule has 4 nitrogen and oxygen atoms in total. The van der Waals surface area contributed by atoms with E-state index in [2.05, 4.69) is 15.9 Å². The Balaban J connectivity index is 1.64. The molecule has 0 bridgehead atoms. The number of hydrogen-bond donors (Lipinski definition) is 0. The zero-order chi connectivity index (χ0) is 18.5. The summed E-state index contributed by atoms with van der Waals surface area (Å²) in [6.07, 6.45) is 1.85. The van der Waals surface area contributed by atoms with Gasteiger partial charge in [-0.15, -0.1) is 0 Å². The largest absolute Gasteiger partial charge is 0.494 e. The molecule has 3 rings (SSSR count). The third-order valence-corrected chi connectivity index (χ3v) is 4.89. The molecule has 0 aliphatic carbocycles. The first kappa shape index (κ1) is 18.7. The molecule has 0 N–H and O–H groups in total. The van der Waals surface area contributed by atoms with Crippen LogP contribution in [0, 0.1) is 5.82 Å². The van der Waals surface area contributed by atoms with Crippen LogP contribution in [0.1, 0.15) is 31.4 Å². The number of rotatable bonds is 6. The lowest BCUT2D eigenvalue weighted by molar-refractivity contribution is -0.134. The van der Waals surface area contributed by atoms with Gasteiger partial charge in [0.25, 0.3) is 5.91 Å². The van der Waals surface area contributed by atoms with Gasteiger partial charge in [0, 0.05) is 11.0 Å². The van der Waals surface area contributed by atoms with Gasteiger partial charge in [-0.25, -0.2) is 4.39 Å². The summed E-state index contributed by atoms with van der Waals surface area (Å²) in [6.45, 7) is 3.08. The second-order valence-corrected chi connectivity index (χ2v) is 7.03. The van der Waals surface area contributed by atoms with Gasteiger partial charge in [0.2, 0.25) is 0 Å². The molecule has 0 radical (unpaired) electrons. The number of hydrogen-bond acceptors (Lipinski definition) is 3. The molecule has 1 fully saturated rings. The van der Waals surface area contributed by atoms with Gasteiger partial charge in [-0.1, -0.05) is 28.1 Å². The van der Waals surface area contributed by atoms with E-state index in [0.29, 0.717) is 17.6 Å². The van der Waals surface area contributed by atoms with Crippen molar-refractivity contribution in [3.63, 3.8) is 0 Å². The fourth-order valence-electron chi connectivity index (χ4n) is 3.18. The van der Waals surface area contributed by atoms with E-state index in [4.69, 9.17) is 9.47 Å². The molecular weight excluding hydrogens is 401 g/mol. The summed E-state index contributed by atoms with van der Waals surface area (Å²) in [4.78, 5) is 14.4. The van der Waals surface area contributed by atoms with Gasteiger partial charge in [0.15, 0.2) is 18.2 Å². The maximum atomic E-state index is 13.8. The first-order chi connectivity index (χ1) is 12.6. The summed E-state index contributed by atoms with van der Waals surface area (Å²) in [7, 11) is 0. The molecule has 1 amide bonds. The van der Waals surface area contributed by atoms with Crippen molar-refractivity contribution in [2.24, 2.45) is 0 Å². The van der Waals surface area contributed by atoms with Crippen LogP contribution in [-0.2, 0) is 4.79 Å². The van der Waals surface area contributed by atoms with E-state index in [-0.39, 0.29) is 24.3 Å². The number of benzene rings is 2. The standard InChI is InChI=1S/C20H21BrFNO3/c1-2-25-16-8-5-14(6-9-16)18-4-3-11-23(18)20(24)13-26-19-10-7-15(21)12-17(19)22/h5-10,12,18H,2-4,11,13H2,1H3/t18-/m1/s1. The van der Waals surface area contributed by atoms with E-state index in [1.807, 2.05) is 36.1 Å². The van der Waals surface area contributed by atoms with Crippen molar-refractivity contribution in [3.05, 3.63) is 58.3 Å². The van der Waals surface area contributed by atoms with Crippen molar-refractivity contribution in [1.82, 2.24) is 4.90 Å². The third-order valence-electron chi connectivity index (χ3n) is 4.39. The second kappa shape index (κ2) is 8.54. The molecule has 1 heterocycles. The van der Waals surface area contributed by atoms with Gasteiger partial charge in [-0.2, -0.15) is 0 Å². The first-order valence-electron chi connectivity index (χ1n) is 8.68. The lowest BCUT2D eigenvalue weighted by Gasteiger charge is -2.25. The average Bonchev–Trinajstić information content (AvgIpc) is 3.11. The number of ether oxygens (including phenoxy) is 2. The van der Waals surface area contributed by atoms with Crippen LogP contribution in [0.15, 0.2) is 46.9 Å². The molecule has 1 saturated heterocycles. The Morgan fingerprint density at radius 1 is 1.23 bits per heavy atom. The first-order valence-corrected chi connectivity index (χ1v) is 9.48. The van der Waals surface area contributed by atoms with E-state index in [0.717, 1.165) is 24.2 Å². The highest BCUT2D eigenvalue weighted by atomic mass is 79.9. The molecule has 0 spiro atoms. The van der Waals surface area contributed by atoms with Crippen molar-refractivity contribution in [2.75, 3.05) is 19.8 Å². The van der Waals surface area contributed by atoms with Gasteiger partial charge in [-0.3, -0.25) is 4.79 Å². The Bertz CT molecular complexity index is 766.